The van der Waals surface area contributed by atoms with Crippen molar-refractivity contribution in [3.05, 3.63) is 54.1 Å². The molecule has 0 aliphatic carbocycles. The topological polar surface area (TPSA) is 89.9 Å². The fourth-order valence-electron chi connectivity index (χ4n) is 3.13. The molecule has 0 spiro atoms. The van der Waals surface area contributed by atoms with Crippen molar-refractivity contribution in [1.82, 2.24) is 5.32 Å². The summed E-state index contributed by atoms with van der Waals surface area (Å²) in [6, 6.07) is 12.2. The Labute approximate surface area is 177 Å². The van der Waals surface area contributed by atoms with Crippen LogP contribution in [0.2, 0.25) is 0 Å². The van der Waals surface area contributed by atoms with Crippen molar-refractivity contribution in [2.75, 3.05) is 18.5 Å². The number of unbranched alkanes of at least 4 members (excludes halogenated alkanes) is 4. The minimum Gasteiger partial charge on any atom is -0.505 e. The highest BCUT2D eigenvalue weighted by molar-refractivity contribution is 5.95. The summed E-state index contributed by atoms with van der Waals surface area (Å²) in [6.07, 6.45) is 8.19. The van der Waals surface area contributed by atoms with Crippen LogP contribution in [-0.2, 0) is 4.79 Å². The highest BCUT2D eigenvalue weighted by Crippen LogP contribution is 2.37. The van der Waals surface area contributed by atoms with E-state index in [9.17, 15) is 14.7 Å². The van der Waals surface area contributed by atoms with E-state index in [2.05, 4.69) is 12.2 Å². The lowest BCUT2D eigenvalue weighted by Gasteiger charge is -2.20. The largest absolute Gasteiger partial charge is 0.505 e. The number of aromatic hydroxyl groups is 1. The minimum atomic E-state index is -1.01. The average molecular weight is 411 g/mol. The predicted octanol–water partition coefficient (Wildman–Crippen LogP) is 5.27. The fraction of sp³-hybridized carbons (Fsp3) is 0.333. The summed E-state index contributed by atoms with van der Waals surface area (Å²) >= 11 is 0. The molecule has 0 saturated heterocycles. The zero-order valence-corrected chi connectivity index (χ0v) is 17.6. The maximum absolute atomic E-state index is 12.5. The Morgan fingerprint density at radius 2 is 1.73 bits per heavy atom. The van der Waals surface area contributed by atoms with Gasteiger partial charge in [-0.1, -0.05) is 69.0 Å². The first-order valence-electron chi connectivity index (χ1n) is 10.3. The second-order valence-electron chi connectivity index (χ2n) is 7.17. The summed E-state index contributed by atoms with van der Waals surface area (Å²) in [6.45, 7) is 2.78. The van der Waals surface area contributed by atoms with E-state index in [1.807, 2.05) is 0 Å². The molecular formula is C24H30N2O4. The highest BCUT2D eigenvalue weighted by Gasteiger charge is 2.17. The maximum atomic E-state index is 12.5. The van der Waals surface area contributed by atoms with E-state index in [0.717, 1.165) is 30.0 Å². The number of rotatable bonds is 10. The molecule has 2 rings (SSSR count). The average Bonchev–Trinajstić information content (AvgIpc) is 2.74. The third-order valence-corrected chi connectivity index (χ3v) is 4.88. The standard InChI is InChI=1S/C24H30N2O4/c1-3-4-5-6-7-17-25-24(30)26(2)21-10-8-9-20(23(21)29)19-14-11-18(12-15-19)13-16-22(27)28/h8-16,29H,3-7,17H2,1-2H3,(H,25,30)(H,27,28). The molecule has 0 saturated carbocycles. The second kappa shape index (κ2) is 11.7. The van der Waals surface area contributed by atoms with Gasteiger partial charge < -0.3 is 15.5 Å². The van der Waals surface area contributed by atoms with Crippen LogP contribution in [0.3, 0.4) is 0 Å². The zero-order valence-electron chi connectivity index (χ0n) is 17.6. The lowest BCUT2D eigenvalue weighted by molar-refractivity contribution is -0.131. The molecule has 0 fully saturated rings. The number of carboxylic acid groups (broad SMARTS) is 1. The summed E-state index contributed by atoms with van der Waals surface area (Å²) in [5.41, 5.74) is 2.53. The summed E-state index contributed by atoms with van der Waals surface area (Å²) in [5.74, 6) is -0.987. The maximum Gasteiger partial charge on any atom is 0.328 e. The quantitative estimate of drug-likeness (QED) is 0.367. The van der Waals surface area contributed by atoms with Crippen LogP contribution in [-0.4, -0.2) is 35.8 Å². The van der Waals surface area contributed by atoms with Gasteiger partial charge in [0.25, 0.3) is 0 Å². The zero-order chi connectivity index (χ0) is 21.9. The molecule has 0 aliphatic rings. The lowest BCUT2D eigenvalue weighted by atomic mass is 10.0. The van der Waals surface area contributed by atoms with Crippen molar-refractivity contribution in [2.24, 2.45) is 0 Å². The van der Waals surface area contributed by atoms with Gasteiger partial charge in [-0.15, -0.1) is 0 Å². The van der Waals surface area contributed by atoms with Crippen molar-refractivity contribution in [3.8, 4) is 16.9 Å². The number of hydrogen-bond acceptors (Lipinski definition) is 3. The van der Waals surface area contributed by atoms with Crippen LogP contribution in [0.1, 0.15) is 44.6 Å². The number of amides is 2. The lowest BCUT2D eigenvalue weighted by Crippen LogP contribution is -2.37. The Morgan fingerprint density at radius 3 is 2.40 bits per heavy atom. The van der Waals surface area contributed by atoms with Crippen molar-refractivity contribution in [1.29, 1.82) is 0 Å². The molecule has 160 valence electrons. The molecule has 2 amide bonds. The summed E-state index contributed by atoms with van der Waals surface area (Å²) in [4.78, 5) is 24.5. The molecule has 0 bridgehead atoms. The van der Waals surface area contributed by atoms with Crippen LogP contribution in [0, 0.1) is 0 Å². The highest BCUT2D eigenvalue weighted by atomic mass is 16.4. The Morgan fingerprint density at radius 1 is 1.03 bits per heavy atom. The molecule has 0 aliphatic heterocycles. The van der Waals surface area contributed by atoms with Gasteiger partial charge in [-0.05, 0) is 29.7 Å². The Balaban J connectivity index is 2.06. The number of nitrogens with zero attached hydrogens (tertiary/aromatic N) is 1. The molecule has 2 aromatic rings. The van der Waals surface area contributed by atoms with Gasteiger partial charge in [0.05, 0.1) is 5.69 Å². The number of para-hydroxylation sites is 1. The van der Waals surface area contributed by atoms with Gasteiger partial charge in [-0.2, -0.15) is 0 Å². The molecule has 0 aromatic heterocycles. The van der Waals surface area contributed by atoms with E-state index in [0.29, 0.717) is 17.8 Å². The monoisotopic (exact) mass is 410 g/mol. The summed E-state index contributed by atoms with van der Waals surface area (Å²) in [7, 11) is 1.63. The smallest absolute Gasteiger partial charge is 0.328 e. The van der Waals surface area contributed by atoms with Gasteiger partial charge in [0.1, 0.15) is 5.75 Å². The normalized spacial score (nSPS) is 10.9. The third-order valence-electron chi connectivity index (χ3n) is 4.88. The van der Waals surface area contributed by atoms with Crippen LogP contribution >= 0.6 is 0 Å². The first-order chi connectivity index (χ1) is 14.4. The number of phenols is 1. The molecule has 0 unspecified atom stereocenters. The van der Waals surface area contributed by atoms with Crippen molar-refractivity contribution in [3.63, 3.8) is 0 Å². The number of anilines is 1. The molecule has 3 N–H and O–H groups in total. The number of nitrogens with one attached hydrogen (secondary N) is 1. The second-order valence-corrected chi connectivity index (χ2v) is 7.17. The predicted molar refractivity (Wildman–Crippen MR) is 121 cm³/mol. The van der Waals surface area contributed by atoms with Crippen LogP contribution < -0.4 is 10.2 Å². The molecule has 0 radical (unpaired) electrons. The molecule has 0 heterocycles. The summed E-state index contributed by atoms with van der Waals surface area (Å²) < 4.78 is 0. The van der Waals surface area contributed by atoms with Crippen LogP contribution in [0.25, 0.3) is 17.2 Å². The van der Waals surface area contributed by atoms with Gasteiger partial charge in [0, 0.05) is 25.2 Å². The molecule has 6 nitrogen and oxygen atoms in total. The van der Waals surface area contributed by atoms with E-state index in [1.54, 1.807) is 49.5 Å². The fourth-order valence-corrected chi connectivity index (χ4v) is 3.13. The summed E-state index contributed by atoms with van der Waals surface area (Å²) in [5, 5.41) is 22.4. The third kappa shape index (κ3) is 6.65. The van der Waals surface area contributed by atoms with E-state index in [-0.39, 0.29) is 11.8 Å². The van der Waals surface area contributed by atoms with E-state index < -0.39 is 5.97 Å². The number of phenolic OH excluding ortho intramolecular Hbond substituents is 1. The molecule has 2 aromatic carbocycles. The van der Waals surface area contributed by atoms with Gasteiger partial charge >= 0.3 is 12.0 Å². The van der Waals surface area contributed by atoms with Crippen molar-refractivity contribution in [2.45, 2.75) is 39.0 Å². The number of carbonyl (C=O) groups is 2. The van der Waals surface area contributed by atoms with Crippen LogP contribution in [0.5, 0.6) is 5.75 Å². The molecular weight excluding hydrogens is 380 g/mol. The molecule has 0 atom stereocenters. The van der Waals surface area contributed by atoms with Gasteiger partial charge in [-0.25, -0.2) is 9.59 Å². The molecule has 6 heteroatoms. The Hall–Kier alpha value is -3.28. The van der Waals surface area contributed by atoms with Crippen LogP contribution in [0.15, 0.2) is 48.5 Å². The molecule has 30 heavy (non-hydrogen) atoms. The Kier molecular flexibility index (Phi) is 8.94. The number of carbonyl (C=O) groups excluding carboxylic acids is 1. The van der Waals surface area contributed by atoms with Gasteiger partial charge in [0.2, 0.25) is 0 Å². The number of aliphatic carboxylic acids is 1. The van der Waals surface area contributed by atoms with Gasteiger partial charge in [-0.3, -0.25) is 4.90 Å². The number of hydrogen-bond donors (Lipinski definition) is 3. The number of urea groups is 1. The van der Waals surface area contributed by atoms with Crippen molar-refractivity contribution < 1.29 is 19.8 Å². The number of carboxylic acids is 1. The minimum absolute atomic E-state index is 0.0203. The SMILES string of the molecule is CCCCCCCNC(=O)N(C)c1cccc(-c2ccc(C=CC(=O)O)cc2)c1O. The van der Waals surface area contributed by atoms with Gasteiger partial charge in [0.15, 0.2) is 0 Å². The number of benzene rings is 2. The van der Waals surface area contributed by atoms with E-state index >= 15 is 0 Å². The Bertz CT molecular complexity index is 875. The first kappa shape index (κ1) is 23.0. The van der Waals surface area contributed by atoms with Crippen molar-refractivity contribution >= 4 is 23.8 Å². The van der Waals surface area contributed by atoms with E-state index in [4.69, 9.17) is 5.11 Å². The van der Waals surface area contributed by atoms with E-state index in [1.165, 1.54) is 30.2 Å². The van der Waals surface area contributed by atoms with Crippen LogP contribution in [0.4, 0.5) is 10.5 Å². The first-order valence-corrected chi connectivity index (χ1v) is 10.3.